The van der Waals surface area contributed by atoms with Crippen molar-refractivity contribution in [3.05, 3.63) is 63.1 Å². The third kappa shape index (κ3) is 4.89. The molecular weight excluding hydrogens is 418 g/mol. The quantitative estimate of drug-likeness (QED) is 0.428. The van der Waals surface area contributed by atoms with E-state index < -0.39 is 5.97 Å². The Balaban J connectivity index is 1.72. The van der Waals surface area contributed by atoms with Crippen molar-refractivity contribution in [3.8, 4) is 0 Å². The second-order valence-corrected chi connectivity index (χ2v) is 8.19. The van der Waals surface area contributed by atoms with Crippen LogP contribution in [0.1, 0.15) is 23.4 Å². The van der Waals surface area contributed by atoms with Gasteiger partial charge in [-0.15, -0.1) is 11.3 Å². The Morgan fingerprint density at radius 1 is 1.23 bits per heavy atom. The second kappa shape index (κ2) is 9.23. The Bertz CT molecular complexity index is 1120. The van der Waals surface area contributed by atoms with Crippen LogP contribution in [0.5, 0.6) is 0 Å². The largest absolute Gasteiger partial charge is 0.481 e. The fourth-order valence-electron chi connectivity index (χ4n) is 3.54. The van der Waals surface area contributed by atoms with E-state index in [4.69, 9.17) is 9.84 Å². The molecule has 2 heterocycles. The normalized spacial score (nSPS) is 14.7. The molecule has 1 aliphatic heterocycles. The minimum absolute atomic E-state index is 0.0255. The summed E-state index contributed by atoms with van der Waals surface area (Å²) in [6.07, 6.45) is 2.04. The van der Waals surface area contributed by atoms with Gasteiger partial charge in [0.1, 0.15) is 10.7 Å². The lowest BCUT2D eigenvalue weighted by atomic mass is 10.0. The van der Waals surface area contributed by atoms with Gasteiger partial charge in [0.05, 0.1) is 28.4 Å². The first kappa shape index (κ1) is 21.0. The van der Waals surface area contributed by atoms with Crippen molar-refractivity contribution in [3.63, 3.8) is 0 Å². The topological polar surface area (TPSA) is 106 Å². The number of benzene rings is 2. The minimum atomic E-state index is -0.902. The average Bonchev–Trinajstić information content (AvgIpc) is 3.21. The number of nitro benzene ring substituents is 1. The molecular formula is C22H21N3O5S. The zero-order valence-electron chi connectivity index (χ0n) is 16.7. The highest BCUT2D eigenvalue weighted by Gasteiger charge is 2.22. The van der Waals surface area contributed by atoms with Gasteiger partial charge < -0.3 is 14.7 Å². The van der Waals surface area contributed by atoms with E-state index in [-0.39, 0.29) is 23.5 Å². The monoisotopic (exact) mass is 439 g/mol. The smallest absolute Gasteiger partial charge is 0.303 e. The van der Waals surface area contributed by atoms with E-state index in [1.807, 2.05) is 35.2 Å². The first-order chi connectivity index (χ1) is 15.0. The molecule has 1 N–H and O–H groups in total. The second-order valence-electron chi connectivity index (χ2n) is 7.15. The van der Waals surface area contributed by atoms with Gasteiger partial charge in [0.25, 0.3) is 5.69 Å². The van der Waals surface area contributed by atoms with Crippen LogP contribution < -0.4 is 4.90 Å². The molecule has 0 saturated carbocycles. The number of carbonyl (C=O) groups is 1. The minimum Gasteiger partial charge on any atom is -0.481 e. The van der Waals surface area contributed by atoms with E-state index in [1.54, 1.807) is 18.2 Å². The Morgan fingerprint density at radius 3 is 2.71 bits per heavy atom. The number of hydrogen-bond acceptors (Lipinski definition) is 7. The lowest BCUT2D eigenvalue weighted by Crippen LogP contribution is -2.36. The number of carboxylic acid groups (broad SMARTS) is 1. The fraction of sp³-hybridized carbons (Fsp3) is 0.273. The number of nitrogens with zero attached hydrogens (tertiary/aromatic N) is 3. The van der Waals surface area contributed by atoms with Crippen LogP contribution in [0.3, 0.4) is 0 Å². The van der Waals surface area contributed by atoms with Gasteiger partial charge in [-0.1, -0.05) is 18.2 Å². The van der Waals surface area contributed by atoms with Crippen LogP contribution in [-0.4, -0.2) is 47.3 Å². The highest BCUT2D eigenvalue weighted by atomic mass is 32.1. The highest BCUT2D eigenvalue weighted by Crippen LogP contribution is 2.34. The number of allylic oxidation sites excluding steroid dienone is 1. The summed E-state index contributed by atoms with van der Waals surface area (Å²) >= 11 is 1.48. The molecule has 31 heavy (non-hydrogen) atoms. The third-order valence-corrected chi connectivity index (χ3v) is 6.18. The number of nitro groups is 1. The molecule has 0 atom stereocenters. The van der Waals surface area contributed by atoms with Crippen LogP contribution in [0.2, 0.25) is 0 Å². The fourth-order valence-corrected chi connectivity index (χ4v) is 4.55. The molecule has 160 valence electrons. The van der Waals surface area contributed by atoms with Gasteiger partial charge in [-0.3, -0.25) is 14.9 Å². The van der Waals surface area contributed by atoms with E-state index in [9.17, 15) is 14.9 Å². The van der Waals surface area contributed by atoms with Crippen molar-refractivity contribution in [1.29, 1.82) is 0 Å². The van der Waals surface area contributed by atoms with Gasteiger partial charge in [-0.25, -0.2) is 4.98 Å². The van der Waals surface area contributed by atoms with Crippen molar-refractivity contribution in [2.45, 2.75) is 12.8 Å². The predicted octanol–water partition coefficient (Wildman–Crippen LogP) is 4.45. The summed E-state index contributed by atoms with van der Waals surface area (Å²) in [5.74, 6) is -0.902. The van der Waals surface area contributed by atoms with E-state index >= 15 is 0 Å². The van der Waals surface area contributed by atoms with Crippen LogP contribution in [0, 0.1) is 10.1 Å². The molecule has 9 heteroatoms. The van der Waals surface area contributed by atoms with Crippen LogP contribution in [-0.2, 0) is 9.53 Å². The van der Waals surface area contributed by atoms with E-state index in [0.29, 0.717) is 37.6 Å². The first-order valence-electron chi connectivity index (χ1n) is 9.91. The first-order valence-corrected chi connectivity index (χ1v) is 10.7. The summed E-state index contributed by atoms with van der Waals surface area (Å²) in [4.78, 5) is 29.1. The van der Waals surface area contributed by atoms with Crippen molar-refractivity contribution in [2.24, 2.45) is 0 Å². The average molecular weight is 439 g/mol. The molecule has 4 rings (SSSR count). The van der Waals surface area contributed by atoms with Gasteiger partial charge in [-0.2, -0.15) is 0 Å². The lowest BCUT2D eigenvalue weighted by molar-refractivity contribution is -0.384. The van der Waals surface area contributed by atoms with Crippen LogP contribution in [0.15, 0.2) is 42.5 Å². The number of ether oxygens (including phenoxy) is 1. The Hall–Kier alpha value is -3.30. The Kier molecular flexibility index (Phi) is 6.24. The van der Waals surface area contributed by atoms with Gasteiger partial charge >= 0.3 is 5.97 Å². The van der Waals surface area contributed by atoms with Crippen molar-refractivity contribution >= 4 is 50.5 Å². The van der Waals surface area contributed by atoms with Crippen LogP contribution >= 0.6 is 11.3 Å². The zero-order chi connectivity index (χ0) is 21.8. The number of thiazole rings is 1. The molecule has 1 aromatic heterocycles. The lowest BCUT2D eigenvalue weighted by Gasteiger charge is -2.28. The van der Waals surface area contributed by atoms with Gasteiger partial charge in [0.15, 0.2) is 0 Å². The van der Waals surface area contributed by atoms with Crippen molar-refractivity contribution in [1.82, 2.24) is 4.98 Å². The van der Waals surface area contributed by atoms with E-state index in [1.165, 1.54) is 11.3 Å². The SMILES string of the molecule is O=C(O)CCC(=Cc1ccc(N2CCOCC2)c([N+](=O)[O-])c1)c1nc2ccccc2s1. The summed E-state index contributed by atoms with van der Waals surface area (Å²) in [7, 11) is 0. The maximum atomic E-state index is 11.7. The zero-order valence-corrected chi connectivity index (χ0v) is 17.5. The molecule has 1 saturated heterocycles. The maximum absolute atomic E-state index is 11.7. The van der Waals surface area contributed by atoms with Crippen molar-refractivity contribution in [2.75, 3.05) is 31.2 Å². The molecule has 0 bridgehead atoms. The number of anilines is 1. The van der Waals surface area contributed by atoms with Crippen molar-refractivity contribution < 1.29 is 19.6 Å². The molecule has 0 radical (unpaired) electrons. The van der Waals surface area contributed by atoms with Gasteiger partial charge in [0, 0.05) is 25.6 Å². The Morgan fingerprint density at radius 2 is 2.00 bits per heavy atom. The van der Waals surface area contributed by atoms with Crippen LogP contribution in [0.4, 0.5) is 11.4 Å². The van der Waals surface area contributed by atoms with Crippen LogP contribution in [0.25, 0.3) is 21.9 Å². The summed E-state index contributed by atoms with van der Waals surface area (Å²) < 4.78 is 6.35. The molecule has 0 aliphatic carbocycles. The summed E-state index contributed by atoms with van der Waals surface area (Å²) in [6, 6.07) is 12.8. The molecule has 1 fully saturated rings. The highest BCUT2D eigenvalue weighted by molar-refractivity contribution is 7.19. The molecule has 0 unspecified atom stereocenters. The number of aromatic nitrogens is 1. The molecule has 2 aromatic carbocycles. The number of rotatable bonds is 7. The van der Waals surface area contributed by atoms with E-state index in [0.717, 1.165) is 20.8 Å². The number of para-hydroxylation sites is 1. The number of aliphatic carboxylic acids is 1. The number of morpholine rings is 1. The number of carboxylic acids is 1. The maximum Gasteiger partial charge on any atom is 0.303 e. The Labute approximate surface area is 182 Å². The molecule has 0 spiro atoms. The number of hydrogen-bond donors (Lipinski definition) is 1. The summed E-state index contributed by atoms with van der Waals surface area (Å²) in [6.45, 7) is 2.28. The molecule has 3 aromatic rings. The third-order valence-electron chi connectivity index (χ3n) is 5.07. The predicted molar refractivity (Wildman–Crippen MR) is 120 cm³/mol. The molecule has 0 amide bonds. The molecule has 1 aliphatic rings. The number of fused-ring (bicyclic) bond motifs is 1. The van der Waals surface area contributed by atoms with Gasteiger partial charge in [-0.05, 0) is 41.8 Å². The molecule has 8 nitrogen and oxygen atoms in total. The summed E-state index contributed by atoms with van der Waals surface area (Å²) in [5, 5.41) is 21.6. The standard InChI is InChI=1S/C22H21N3O5S/c26-21(27)8-6-16(22-23-17-3-1-2-4-20(17)31-22)13-15-5-7-18(19(14-15)25(28)29)24-9-11-30-12-10-24/h1-5,7,13-14H,6,8-12H2,(H,26,27). The summed E-state index contributed by atoms with van der Waals surface area (Å²) in [5.41, 5.74) is 2.83. The van der Waals surface area contributed by atoms with E-state index in [2.05, 4.69) is 4.98 Å². The van der Waals surface area contributed by atoms with Gasteiger partial charge in [0.2, 0.25) is 0 Å².